The topological polar surface area (TPSA) is 120 Å². The van der Waals surface area contributed by atoms with Gasteiger partial charge >= 0.3 is 5.97 Å². The highest BCUT2D eigenvalue weighted by atomic mass is 16.5. The predicted molar refractivity (Wildman–Crippen MR) is 105 cm³/mol. The average molecular weight is 399 g/mol. The molecule has 0 radical (unpaired) electrons. The van der Waals surface area contributed by atoms with Crippen molar-refractivity contribution in [2.45, 2.75) is 19.4 Å². The fourth-order valence-electron chi connectivity index (χ4n) is 2.22. The van der Waals surface area contributed by atoms with Crippen LogP contribution in [0.25, 0.3) is 0 Å². The lowest BCUT2D eigenvalue weighted by molar-refractivity contribution is -0.685. The molecule has 7 nitrogen and oxygen atoms in total. The Morgan fingerprint density at radius 3 is 2.14 bits per heavy atom. The molecular formula is C22H25NO6. The van der Waals surface area contributed by atoms with Crippen LogP contribution in [0, 0.1) is 0 Å². The number of para-hydroxylation sites is 1. The highest BCUT2D eigenvalue weighted by Gasteiger charge is 2.09. The lowest BCUT2D eigenvalue weighted by atomic mass is 10.1. The van der Waals surface area contributed by atoms with Gasteiger partial charge in [-0.25, -0.2) is 4.79 Å². The number of hydrogen-bond acceptors (Lipinski definition) is 5. The molecule has 0 aliphatic heterocycles. The second-order valence-corrected chi connectivity index (χ2v) is 6.16. The number of quaternary nitrogens is 1. The van der Waals surface area contributed by atoms with Gasteiger partial charge in [-0.2, -0.15) is 0 Å². The van der Waals surface area contributed by atoms with Gasteiger partial charge in [-0.3, -0.25) is 4.79 Å². The fourth-order valence-corrected chi connectivity index (χ4v) is 2.22. The van der Waals surface area contributed by atoms with Gasteiger partial charge in [-0.1, -0.05) is 48.5 Å². The van der Waals surface area contributed by atoms with Crippen molar-refractivity contribution in [3.05, 3.63) is 78.4 Å². The van der Waals surface area contributed by atoms with Crippen molar-refractivity contribution in [1.82, 2.24) is 0 Å². The molecule has 0 amide bonds. The third kappa shape index (κ3) is 11.8. The SMILES string of the molecule is CC(COc1ccccc1)[NH2+]CCC(=O)c1ccccc1.O=C([O-])/C=C/C(=O)O. The van der Waals surface area contributed by atoms with E-state index in [4.69, 9.17) is 9.84 Å². The number of ether oxygens (including phenoxy) is 1. The van der Waals surface area contributed by atoms with E-state index < -0.39 is 11.9 Å². The molecule has 0 aliphatic rings. The van der Waals surface area contributed by atoms with Crippen LogP contribution in [0.3, 0.4) is 0 Å². The number of carbonyl (C=O) groups is 3. The third-order valence-corrected chi connectivity index (χ3v) is 3.65. The van der Waals surface area contributed by atoms with Gasteiger partial charge in [-0.05, 0) is 25.1 Å². The number of aliphatic carboxylic acids is 2. The maximum Gasteiger partial charge on any atom is 0.328 e. The number of ketones is 1. The van der Waals surface area contributed by atoms with Gasteiger partial charge in [0.25, 0.3) is 0 Å². The highest BCUT2D eigenvalue weighted by Crippen LogP contribution is 2.07. The van der Waals surface area contributed by atoms with Gasteiger partial charge < -0.3 is 25.1 Å². The van der Waals surface area contributed by atoms with E-state index in [1.165, 1.54) is 0 Å². The Labute approximate surface area is 169 Å². The Morgan fingerprint density at radius 1 is 1.03 bits per heavy atom. The normalized spacial score (nSPS) is 11.2. The molecule has 0 aliphatic carbocycles. The predicted octanol–water partition coefficient (Wildman–Crippen LogP) is 0.667. The summed E-state index contributed by atoms with van der Waals surface area (Å²) in [5.74, 6) is -1.72. The van der Waals surface area contributed by atoms with Crippen molar-refractivity contribution in [3.63, 3.8) is 0 Å². The lowest BCUT2D eigenvalue weighted by Gasteiger charge is -2.12. The lowest BCUT2D eigenvalue weighted by Crippen LogP contribution is -2.90. The van der Waals surface area contributed by atoms with Crippen molar-refractivity contribution in [2.24, 2.45) is 0 Å². The van der Waals surface area contributed by atoms with Crippen molar-refractivity contribution >= 4 is 17.7 Å². The first kappa shape index (κ1) is 23.6. The number of carboxylic acids is 2. The first-order chi connectivity index (χ1) is 13.9. The summed E-state index contributed by atoms with van der Waals surface area (Å²) < 4.78 is 5.69. The molecule has 3 N–H and O–H groups in total. The van der Waals surface area contributed by atoms with E-state index in [9.17, 15) is 19.5 Å². The van der Waals surface area contributed by atoms with E-state index in [1.807, 2.05) is 60.7 Å². The Balaban J connectivity index is 0.000000447. The summed E-state index contributed by atoms with van der Waals surface area (Å²) >= 11 is 0. The van der Waals surface area contributed by atoms with Gasteiger partial charge in [0, 0.05) is 11.6 Å². The molecule has 0 bridgehead atoms. The van der Waals surface area contributed by atoms with Crippen LogP contribution in [-0.2, 0) is 9.59 Å². The minimum atomic E-state index is -1.51. The Kier molecular flexibility index (Phi) is 11.1. The molecule has 2 aromatic rings. The monoisotopic (exact) mass is 399 g/mol. The van der Waals surface area contributed by atoms with Gasteiger partial charge in [0.1, 0.15) is 18.4 Å². The molecule has 0 heterocycles. The molecule has 29 heavy (non-hydrogen) atoms. The second-order valence-electron chi connectivity index (χ2n) is 6.16. The van der Waals surface area contributed by atoms with Crippen LogP contribution in [0.2, 0.25) is 0 Å². The number of carboxylic acid groups (broad SMARTS) is 2. The number of nitrogens with two attached hydrogens (primary N) is 1. The van der Waals surface area contributed by atoms with Crippen molar-refractivity contribution in [1.29, 1.82) is 0 Å². The summed E-state index contributed by atoms with van der Waals surface area (Å²) in [5, 5.41) is 19.4. The van der Waals surface area contributed by atoms with Gasteiger partial charge in [0.2, 0.25) is 0 Å². The van der Waals surface area contributed by atoms with Crippen LogP contribution in [0.15, 0.2) is 72.8 Å². The van der Waals surface area contributed by atoms with Crippen LogP contribution < -0.4 is 15.2 Å². The van der Waals surface area contributed by atoms with Crippen molar-refractivity contribution in [3.8, 4) is 5.75 Å². The molecule has 1 unspecified atom stereocenters. The third-order valence-electron chi connectivity index (χ3n) is 3.65. The molecule has 154 valence electrons. The summed E-state index contributed by atoms with van der Waals surface area (Å²) in [7, 11) is 0. The van der Waals surface area contributed by atoms with Gasteiger partial charge in [0.05, 0.1) is 18.9 Å². The largest absolute Gasteiger partial charge is 0.545 e. The Hall–Kier alpha value is -3.45. The maximum absolute atomic E-state index is 12.0. The number of benzene rings is 2. The molecule has 0 spiro atoms. The van der Waals surface area contributed by atoms with E-state index in [-0.39, 0.29) is 5.78 Å². The first-order valence-corrected chi connectivity index (χ1v) is 9.10. The molecule has 0 fully saturated rings. The number of Topliss-reactive ketones (excluding diaryl/α,β-unsaturated/α-hetero) is 1. The smallest absolute Gasteiger partial charge is 0.328 e. The van der Waals surface area contributed by atoms with Gasteiger partial charge in [-0.15, -0.1) is 0 Å². The van der Waals surface area contributed by atoms with Gasteiger partial charge in [0.15, 0.2) is 5.78 Å². The Morgan fingerprint density at radius 2 is 1.62 bits per heavy atom. The zero-order valence-electron chi connectivity index (χ0n) is 16.2. The summed E-state index contributed by atoms with van der Waals surface area (Å²) in [6.07, 6.45) is 1.50. The number of carbonyl (C=O) groups excluding carboxylic acids is 2. The summed E-state index contributed by atoms with van der Waals surface area (Å²) in [6.45, 7) is 3.53. The van der Waals surface area contributed by atoms with E-state index in [0.29, 0.717) is 31.2 Å². The van der Waals surface area contributed by atoms with Crippen molar-refractivity contribution < 1.29 is 34.7 Å². The molecule has 1 atom stereocenters. The molecule has 0 saturated heterocycles. The van der Waals surface area contributed by atoms with E-state index in [0.717, 1.165) is 17.9 Å². The number of hydrogen-bond donors (Lipinski definition) is 2. The van der Waals surface area contributed by atoms with Crippen LogP contribution >= 0.6 is 0 Å². The van der Waals surface area contributed by atoms with E-state index in [1.54, 1.807) is 0 Å². The molecule has 2 rings (SSSR count). The number of rotatable bonds is 10. The standard InChI is InChI=1S/C18H21NO2.C4H4O4/c1-15(14-21-17-10-6-3-7-11-17)19-13-12-18(20)16-8-4-2-5-9-16;5-3(6)1-2-4(7)8/h2-11,15,19H,12-14H2,1H3;1-2H,(H,5,6)(H,7,8)/b;2-1+. The first-order valence-electron chi connectivity index (χ1n) is 9.10. The molecule has 2 aromatic carbocycles. The van der Waals surface area contributed by atoms with E-state index in [2.05, 4.69) is 12.2 Å². The van der Waals surface area contributed by atoms with E-state index >= 15 is 0 Å². The van der Waals surface area contributed by atoms with Crippen LogP contribution in [0.5, 0.6) is 5.75 Å². The molecular weight excluding hydrogens is 374 g/mol. The quantitative estimate of drug-likeness (QED) is 0.447. The summed E-state index contributed by atoms with van der Waals surface area (Å²) in [6, 6.07) is 19.6. The van der Waals surface area contributed by atoms with Crippen LogP contribution in [0.1, 0.15) is 23.7 Å². The summed E-state index contributed by atoms with van der Waals surface area (Å²) in [5.41, 5.74) is 0.791. The Bertz CT molecular complexity index is 773. The van der Waals surface area contributed by atoms with Crippen molar-refractivity contribution in [2.75, 3.05) is 13.2 Å². The zero-order valence-corrected chi connectivity index (χ0v) is 16.2. The minimum absolute atomic E-state index is 0.197. The highest BCUT2D eigenvalue weighted by molar-refractivity contribution is 5.96. The van der Waals surface area contributed by atoms with Crippen LogP contribution in [-0.4, -0.2) is 42.0 Å². The second kappa shape index (κ2) is 13.7. The van der Waals surface area contributed by atoms with Crippen LogP contribution in [0.4, 0.5) is 0 Å². The zero-order chi connectivity index (χ0) is 21.5. The molecule has 0 aromatic heterocycles. The fraction of sp³-hybridized carbons (Fsp3) is 0.227. The molecule has 0 saturated carbocycles. The maximum atomic E-state index is 12.0. The molecule has 7 heteroatoms. The summed E-state index contributed by atoms with van der Waals surface area (Å²) in [4.78, 5) is 30.9. The average Bonchev–Trinajstić information content (AvgIpc) is 2.72. The minimum Gasteiger partial charge on any atom is -0.545 e.